The van der Waals surface area contributed by atoms with Gasteiger partial charge in [0.05, 0.1) is 0 Å². The Morgan fingerprint density at radius 3 is 2.67 bits per heavy atom. The zero-order chi connectivity index (χ0) is 9.14. The van der Waals surface area contributed by atoms with Crippen LogP contribution in [0, 0.1) is 5.92 Å². The molecule has 0 aromatic heterocycles. The molecule has 1 aliphatic rings. The summed E-state index contributed by atoms with van der Waals surface area (Å²) in [6, 6.07) is 0.523. The Kier molecular flexibility index (Phi) is 2.95. The van der Waals surface area contributed by atoms with Gasteiger partial charge in [-0.05, 0) is 19.3 Å². The monoisotopic (exact) mass is 170 g/mol. The van der Waals surface area contributed by atoms with Crippen molar-refractivity contribution in [2.45, 2.75) is 32.7 Å². The highest BCUT2D eigenvalue weighted by molar-refractivity contribution is 5.74. The molecule has 0 heterocycles. The Labute approximate surface area is 74.1 Å². The molecule has 1 saturated carbocycles. The molecule has 3 nitrogen and oxygen atoms in total. The lowest BCUT2D eigenvalue weighted by atomic mass is 10.3. The number of carbonyl (C=O) groups excluding carboxylic acids is 1. The van der Waals surface area contributed by atoms with Crippen molar-refractivity contribution in [3.63, 3.8) is 0 Å². The molecular formula is C9H18N2O. The summed E-state index contributed by atoms with van der Waals surface area (Å²) in [5.74, 6) is 0.735. The summed E-state index contributed by atoms with van der Waals surface area (Å²) in [6.07, 6.45) is 2.35. The molecule has 3 heteroatoms. The number of rotatable bonds is 3. The van der Waals surface area contributed by atoms with Crippen molar-refractivity contribution < 1.29 is 4.79 Å². The van der Waals surface area contributed by atoms with Crippen LogP contribution in [0.2, 0.25) is 0 Å². The van der Waals surface area contributed by atoms with Crippen molar-refractivity contribution in [3.05, 3.63) is 0 Å². The van der Waals surface area contributed by atoms with Crippen molar-refractivity contribution in [1.82, 2.24) is 10.2 Å². The van der Waals surface area contributed by atoms with Crippen LogP contribution in [0.5, 0.6) is 0 Å². The summed E-state index contributed by atoms with van der Waals surface area (Å²) in [4.78, 5) is 13.0. The number of amides is 2. The maximum atomic E-state index is 11.3. The van der Waals surface area contributed by atoms with Gasteiger partial charge in [0.25, 0.3) is 0 Å². The molecule has 70 valence electrons. The zero-order valence-corrected chi connectivity index (χ0v) is 8.13. The fourth-order valence-corrected chi connectivity index (χ4v) is 1.29. The first-order valence-electron chi connectivity index (χ1n) is 4.70. The summed E-state index contributed by atoms with van der Waals surface area (Å²) < 4.78 is 0. The third-order valence-electron chi connectivity index (χ3n) is 2.58. The van der Waals surface area contributed by atoms with Gasteiger partial charge in [-0.2, -0.15) is 0 Å². The van der Waals surface area contributed by atoms with Gasteiger partial charge in [0.2, 0.25) is 0 Å². The van der Waals surface area contributed by atoms with Gasteiger partial charge in [-0.25, -0.2) is 4.79 Å². The lowest BCUT2D eigenvalue weighted by molar-refractivity contribution is 0.210. The molecule has 12 heavy (non-hydrogen) atoms. The van der Waals surface area contributed by atoms with Crippen LogP contribution in [0.4, 0.5) is 4.79 Å². The second-order valence-electron chi connectivity index (χ2n) is 3.47. The molecule has 0 saturated heterocycles. The van der Waals surface area contributed by atoms with Gasteiger partial charge < -0.3 is 10.2 Å². The van der Waals surface area contributed by atoms with E-state index < -0.39 is 0 Å². The van der Waals surface area contributed by atoms with Gasteiger partial charge in [0, 0.05) is 19.6 Å². The largest absolute Gasteiger partial charge is 0.335 e. The van der Waals surface area contributed by atoms with Crippen LogP contribution in [0.3, 0.4) is 0 Å². The first-order chi connectivity index (χ1) is 5.69. The average molecular weight is 170 g/mol. The quantitative estimate of drug-likeness (QED) is 0.683. The van der Waals surface area contributed by atoms with Gasteiger partial charge >= 0.3 is 6.03 Å². The first-order valence-corrected chi connectivity index (χ1v) is 4.70. The number of carbonyl (C=O) groups is 1. The summed E-state index contributed by atoms with van der Waals surface area (Å²) >= 11 is 0. The molecule has 1 aliphatic carbocycles. The molecule has 2 atom stereocenters. The molecule has 1 rings (SSSR count). The average Bonchev–Trinajstić information content (AvgIpc) is 2.81. The molecule has 0 spiro atoms. The highest BCUT2D eigenvalue weighted by Gasteiger charge is 2.36. The van der Waals surface area contributed by atoms with Crippen molar-refractivity contribution in [3.8, 4) is 0 Å². The van der Waals surface area contributed by atoms with Crippen molar-refractivity contribution in [2.75, 3.05) is 13.6 Å². The molecule has 2 amide bonds. The number of urea groups is 1. The lowest BCUT2D eigenvalue weighted by Gasteiger charge is -2.15. The SMILES string of the molecule is CCC1CC1NC(=O)N(C)CC. The standard InChI is InChI=1S/C9H18N2O/c1-4-7-6-8(7)10-9(12)11(3)5-2/h7-8H,4-6H2,1-3H3,(H,10,12). The van der Waals surface area contributed by atoms with Crippen LogP contribution in [0.15, 0.2) is 0 Å². The van der Waals surface area contributed by atoms with Gasteiger partial charge in [-0.3, -0.25) is 0 Å². The van der Waals surface area contributed by atoms with Gasteiger partial charge in [0.15, 0.2) is 0 Å². The van der Waals surface area contributed by atoms with Crippen LogP contribution in [-0.2, 0) is 0 Å². The summed E-state index contributed by atoms with van der Waals surface area (Å²) in [5, 5.41) is 2.99. The summed E-state index contributed by atoms with van der Waals surface area (Å²) in [7, 11) is 1.82. The smallest absolute Gasteiger partial charge is 0.317 e. The Morgan fingerprint density at radius 1 is 1.58 bits per heavy atom. The van der Waals surface area contributed by atoms with E-state index in [0.29, 0.717) is 6.04 Å². The molecule has 0 aromatic carbocycles. The maximum absolute atomic E-state index is 11.3. The van der Waals surface area contributed by atoms with Gasteiger partial charge in [0.1, 0.15) is 0 Å². The highest BCUT2D eigenvalue weighted by Crippen LogP contribution is 2.33. The van der Waals surface area contributed by atoms with E-state index in [4.69, 9.17) is 0 Å². The van der Waals surface area contributed by atoms with Crippen molar-refractivity contribution >= 4 is 6.03 Å². The Hall–Kier alpha value is -0.730. The fourth-order valence-electron chi connectivity index (χ4n) is 1.29. The lowest BCUT2D eigenvalue weighted by Crippen LogP contribution is -2.38. The molecule has 1 fully saturated rings. The van der Waals surface area contributed by atoms with E-state index in [1.165, 1.54) is 12.8 Å². The van der Waals surface area contributed by atoms with Crippen LogP contribution in [0.25, 0.3) is 0 Å². The second kappa shape index (κ2) is 3.78. The van der Waals surface area contributed by atoms with E-state index >= 15 is 0 Å². The highest BCUT2D eigenvalue weighted by atomic mass is 16.2. The molecule has 1 N–H and O–H groups in total. The predicted octanol–water partition coefficient (Wildman–Crippen LogP) is 1.45. The molecule has 0 aromatic rings. The second-order valence-corrected chi connectivity index (χ2v) is 3.47. The molecule has 2 unspecified atom stereocenters. The molecular weight excluding hydrogens is 152 g/mol. The Morgan fingerprint density at radius 2 is 2.25 bits per heavy atom. The minimum atomic E-state index is 0.0680. The normalized spacial score (nSPS) is 26.6. The van der Waals surface area contributed by atoms with E-state index in [0.717, 1.165) is 12.5 Å². The van der Waals surface area contributed by atoms with E-state index in [1.54, 1.807) is 4.90 Å². The van der Waals surface area contributed by atoms with E-state index in [2.05, 4.69) is 12.2 Å². The fraction of sp³-hybridized carbons (Fsp3) is 0.889. The number of nitrogens with one attached hydrogen (secondary N) is 1. The molecule has 0 radical (unpaired) electrons. The first kappa shape index (κ1) is 9.36. The van der Waals surface area contributed by atoms with Crippen LogP contribution in [-0.4, -0.2) is 30.6 Å². The predicted molar refractivity (Wildman–Crippen MR) is 49.0 cm³/mol. The Balaban J connectivity index is 2.20. The van der Waals surface area contributed by atoms with Crippen LogP contribution < -0.4 is 5.32 Å². The van der Waals surface area contributed by atoms with E-state index in [-0.39, 0.29) is 6.03 Å². The topological polar surface area (TPSA) is 32.3 Å². The van der Waals surface area contributed by atoms with Gasteiger partial charge in [-0.1, -0.05) is 13.3 Å². The Bertz CT molecular complexity index is 170. The molecule has 0 aliphatic heterocycles. The van der Waals surface area contributed by atoms with Crippen molar-refractivity contribution in [2.24, 2.45) is 5.92 Å². The van der Waals surface area contributed by atoms with Crippen LogP contribution >= 0.6 is 0 Å². The third-order valence-corrected chi connectivity index (χ3v) is 2.58. The molecule has 0 bridgehead atoms. The maximum Gasteiger partial charge on any atom is 0.317 e. The minimum Gasteiger partial charge on any atom is -0.335 e. The van der Waals surface area contributed by atoms with E-state index in [9.17, 15) is 4.79 Å². The van der Waals surface area contributed by atoms with E-state index in [1.807, 2.05) is 14.0 Å². The number of nitrogens with zero attached hydrogens (tertiary/aromatic N) is 1. The van der Waals surface area contributed by atoms with Gasteiger partial charge in [-0.15, -0.1) is 0 Å². The minimum absolute atomic E-state index is 0.0680. The van der Waals surface area contributed by atoms with Crippen LogP contribution in [0.1, 0.15) is 26.7 Å². The number of hydrogen-bond donors (Lipinski definition) is 1. The zero-order valence-electron chi connectivity index (χ0n) is 8.13. The summed E-state index contributed by atoms with van der Waals surface area (Å²) in [6.45, 7) is 4.92. The number of hydrogen-bond acceptors (Lipinski definition) is 1. The van der Waals surface area contributed by atoms with Crippen molar-refractivity contribution in [1.29, 1.82) is 0 Å². The third kappa shape index (κ3) is 2.13. The summed E-state index contributed by atoms with van der Waals surface area (Å²) in [5.41, 5.74) is 0.